The van der Waals surface area contributed by atoms with Crippen molar-refractivity contribution in [3.05, 3.63) is 36.8 Å². The van der Waals surface area contributed by atoms with E-state index >= 15 is 0 Å². The van der Waals surface area contributed by atoms with Crippen LogP contribution in [-0.2, 0) is 0 Å². The Morgan fingerprint density at radius 2 is 2.08 bits per heavy atom. The zero-order valence-electron chi connectivity index (χ0n) is 14.8. The number of likely N-dealkylation sites (tertiary alicyclic amines) is 1. The number of anilines is 1. The molecule has 1 fully saturated rings. The second-order valence-electron chi connectivity index (χ2n) is 5.88. The minimum atomic E-state index is -0.173. The Morgan fingerprint density at radius 3 is 2.81 bits per heavy atom. The van der Waals surface area contributed by atoms with E-state index in [0.717, 1.165) is 12.8 Å². The molecule has 8 heteroatoms. The van der Waals surface area contributed by atoms with Gasteiger partial charge in [-0.2, -0.15) is 0 Å². The molecule has 2 heterocycles. The molecule has 1 N–H and O–H groups in total. The normalized spacial score (nSPS) is 16.7. The molecule has 1 aromatic carbocycles. The summed E-state index contributed by atoms with van der Waals surface area (Å²) in [4.78, 5) is 22.3. The molecule has 0 bridgehead atoms. The number of carbonyl (C=O) groups is 1. The lowest BCUT2D eigenvalue weighted by molar-refractivity contribution is 0.102. The number of nitrogens with zero attached hydrogens (tertiary/aromatic N) is 3. The zero-order valence-corrected chi connectivity index (χ0v) is 14.8. The van der Waals surface area contributed by atoms with Crippen molar-refractivity contribution in [1.29, 1.82) is 0 Å². The van der Waals surface area contributed by atoms with Crippen molar-refractivity contribution in [2.24, 2.45) is 0 Å². The van der Waals surface area contributed by atoms with Gasteiger partial charge in [0.15, 0.2) is 11.5 Å². The Kier molecular flexibility index (Phi) is 5.73. The van der Waals surface area contributed by atoms with Crippen LogP contribution in [0.2, 0.25) is 0 Å². The molecule has 2 aromatic rings. The predicted octanol–water partition coefficient (Wildman–Crippen LogP) is 2.57. The maximum Gasteiger partial charge on any atom is 0.321 e. The van der Waals surface area contributed by atoms with Crippen LogP contribution in [0, 0.1) is 0 Å². The van der Waals surface area contributed by atoms with Crippen LogP contribution in [0.25, 0.3) is 0 Å². The third-order valence-electron chi connectivity index (χ3n) is 4.14. The van der Waals surface area contributed by atoms with E-state index in [0.29, 0.717) is 36.2 Å². The van der Waals surface area contributed by atoms with E-state index in [1.54, 1.807) is 49.6 Å². The summed E-state index contributed by atoms with van der Waals surface area (Å²) in [5.41, 5.74) is 0.645. The maximum absolute atomic E-state index is 12.6. The largest absolute Gasteiger partial charge is 0.493 e. The van der Waals surface area contributed by atoms with Gasteiger partial charge in [0, 0.05) is 30.6 Å². The highest BCUT2D eigenvalue weighted by Crippen LogP contribution is 2.30. The fourth-order valence-corrected chi connectivity index (χ4v) is 2.85. The number of hydrogen-bond acceptors (Lipinski definition) is 6. The second-order valence-corrected chi connectivity index (χ2v) is 5.88. The Bertz CT molecular complexity index is 741. The van der Waals surface area contributed by atoms with Crippen molar-refractivity contribution in [3.8, 4) is 17.4 Å². The molecule has 1 saturated heterocycles. The van der Waals surface area contributed by atoms with Gasteiger partial charge >= 0.3 is 6.03 Å². The van der Waals surface area contributed by atoms with E-state index in [-0.39, 0.29) is 12.1 Å². The van der Waals surface area contributed by atoms with E-state index in [9.17, 15) is 4.79 Å². The van der Waals surface area contributed by atoms with Crippen LogP contribution in [0.15, 0.2) is 36.8 Å². The van der Waals surface area contributed by atoms with Crippen LogP contribution in [0.4, 0.5) is 10.5 Å². The predicted molar refractivity (Wildman–Crippen MR) is 95.8 cm³/mol. The number of ether oxygens (including phenoxy) is 3. The SMILES string of the molecule is COc1ccc(NC(=O)N2CCCC(Oc3ccncn3)C2)cc1OC. The number of methoxy groups -OCH3 is 2. The van der Waals surface area contributed by atoms with Crippen LogP contribution >= 0.6 is 0 Å². The highest BCUT2D eigenvalue weighted by Gasteiger charge is 2.25. The van der Waals surface area contributed by atoms with Gasteiger partial charge in [-0.25, -0.2) is 14.8 Å². The molecule has 1 aromatic heterocycles. The van der Waals surface area contributed by atoms with Gasteiger partial charge in [0.05, 0.1) is 20.8 Å². The minimum Gasteiger partial charge on any atom is -0.493 e. The smallest absolute Gasteiger partial charge is 0.321 e. The third-order valence-corrected chi connectivity index (χ3v) is 4.14. The summed E-state index contributed by atoms with van der Waals surface area (Å²) < 4.78 is 16.3. The number of benzene rings is 1. The molecule has 0 aliphatic carbocycles. The van der Waals surface area contributed by atoms with Crippen molar-refractivity contribution in [2.45, 2.75) is 18.9 Å². The maximum atomic E-state index is 12.6. The topological polar surface area (TPSA) is 85.8 Å². The molecule has 138 valence electrons. The van der Waals surface area contributed by atoms with E-state index < -0.39 is 0 Å². The lowest BCUT2D eigenvalue weighted by atomic mass is 10.1. The van der Waals surface area contributed by atoms with E-state index in [1.807, 2.05) is 0 Å². The van der Waals surface area contributed by atoms with Gasteiger partial charge < -0.3 is 24.4 Å². The lowest BCUT2D eigenvalue weighted by Gasteiger charge is -2.32. The molecule has 0 spiro atoms. The molecule has 0 radical (unpaired) electrons. The molecule has 8 nitrogen and oxygen atoms in total. The molecule has 2 amide bonds. The third kappa shape index (κ3) is 4.33. The number of nitrogens with one attached hydrogen (secondary N) is 1. The quantitative estimate of drug-likeness (QED) is 0.884. The summed E-state index contributed by atoms with van der Waals surface area (Å²) in [5.74, 6) is 1.70. The Balaban J connectivity index is 1.60. The standard InChI is InChI=1S/C18H22N4O4/c1-24-15-6-5-13(10-16(15)25-2)21-18(23)22-9-3-4-14(11-22)26-17-7-8-19-12-20-17/h5-8,10,12,14H,3-4,9,11H2,1-2H3,(H,21,23). The number of hydrogen-bond donors (Lipinski definition) is 1. The second kappa shape index (κ2) is 8.37. The first-order valence-corrected chi connectivity index (χ1v) is 8.40. The van der Waals surface area contributed by atoms with Crippen molar-refractivity contribution < 1.29 is 19.0 Å². The number of urea groups is 1. The monoisotopic (exact) mass is 358 g/mol. The number of carbonyl (C=O) groups excluding carboxylic acids is 1. The highest BCUT2D eigenvalue weighted by atomic mass is 16.5. The van der Waals surface area contributed by atoms with E-state index in [1.165, 1.54) is 6.33 Å². The number of amides is 2. The molecule has 26 heavy (non-hydrogen) atoms. The van der Waals surface area contributed by atoms with Gasteiger partial charge in [0.25, 0.3) is 0 Å². The first kappa shape index (κ1) is 17.8. The molecule has 1 aliphatic heterocycles. The van der Waals surface area contributed by atoms with Crippen molar-refractivity contribution in [2.75, 3.05) is 32.6 Å². The lowest BCUT2D eigenvalue weighted by Crippen LogP contribution is -2.46. The summed E-state index contributed by atoms with van der Waals surface area (Å²) in [7, 11) is 3.13. The van der Waals surface area contributed by atoms with Gasteiger partial charge in [-0.3, -0.25) is 0 Å². The first-order chi connectivity index (χ1) is 12.7. The Morgan fingerprint density at radius 1 is 1.23 bits per heavy atom. The summed E-state index contributed by atoms with van der Waals surface area (Å²) >= 11 is 0. The molecule has 0 saturated carbocycles. The van der Waals surface area contributed by atoms with Crippen molar-refractivity contribution >= 4 is 11.7 Å². The Hall–Kier alpha value is -3.03. The molecular formula is C18H22N4O4. The van der Waals surface area contributed by atoms with Gasteiger partial charge in [-0.15, -0.1) is 0 Å². The summed E-state index contributed by atoms with van der Waals surface area (Å²) in [6, 6.07) is 6.80. The average Bonchev–Trinajstić information content (AvgIpc) is 2.69. The zero-order chi connectivity index (χ0) is 18.4. The van der Waals surface area contributed by atoms with Crippen LogP contribution in [0.1, 0.15) is 12.8 Å². The van der Waals surface area contributed by atoms with Crippen molar-refractivity contribution in [3.63, 3.8) is 0 Å². The van der Waals surface area contributed by atoms with Crippen LogP contribution in [0.3, 0.4) is 0 Å². The van der Waals surface area contributed by atoms with E-state index in [4.69, 9.17) is 14.2 Å². The van der Waals surface area contributed by atoms with Gasteiger partial charge in [0.1, 0.15) is 12.4 Å². The summed E-state index contributed by atoms with van der Waals surface area (Å²) in [6.07, 6.45) is 4.74. The molecular weight excluding hydrogens is 336 g/mol. The van der Waals surface area contributed by atoms with E-state index in [2.05, 4.69) is 15.3 Å². The fraction of sp³-hybridized carbons (Fsp3) is 0.389. The number of piperidine rings is 1. The number of aromatic nitrogens is 2. The van der Waals surface area contributed by atoms with Gasteiger partial charge in [-0.1, -0.05) is 0 Å². The number of rotatable bonds is 5. The molecule has 1 atom stereocenters. The highest BCUT2D eigenvalue weighted by molar-refractivity contribution is 5.89. The average molecular weight is 358 g/mol. The van der Waals surface area contributed by atoms with Crippen LogP contribution in [-0.4, -0.2) is 54.3 Å². The summed E-state index contributed by atoms with van der Waals surface area (Å²) in [6.45, 7) is 1.19. The first-order valence-electron chi connectivity index (χ1n) is 8.40. The summed E-state index contributed by atoms with van der Waals surface area (Å²) in [5, 5.41) is 2.89. The van der Waals surface area contributed by atoms with Gasteiger partial charge in [-0.05, 0) is 25.0 Å². The fourth-order valence-electron chi connectivity index (χ4n) is 2.85. The minimum absolute atomic E-state index is 0.0881. The van der Waals surface area contributed by atoms with Gasteiger partial charge in [0.2, 0.25) is 5.88 Å². The van der Waals surface area contributed by atoms with Crippen LogP contribution < -0.4 is 19.5 Å². The molecule has 1 unspecified atom stereocenters. The van der Waals surface area contributed by atoms with Crippen LogP contribution in [0.5, 0.6) is 17.4 Å². The molecule has 1 aliphatic rings. The van der Waals surface area contributed by atoms with Crippen molar-refractivity contribution in [1.82, 2.24) is 14.9 Å². The Labute approximate surface area is 152 Å². The molecule has 3 rings (SSSR count).